The molecule has 1 heterocycles. The highest BCUT2D eigenvalue weighted by atomic mass is 35.5. The molecule has 0 N–H and O–H groups in total. The number of hydrogen-bond donors (Lipinski definition) is 0. The fourth-order valence-electron chi connectivity index (χ4n) is 2.17. The van der Waals surface area contributed by atoms with Gasteiger partial charge in [0.1, 0.15) is 0 Å². The number of likely N-dealkylation sites (N-methyl/N-ethyl adjacent to an activating group) is 1. The number of sulfonamides is 1. The van der Waals surface area contributed by atoms with Gasteiger partial charge in [-0.15, -0.1) is 11.6 Å². The summed E-state index contributed by atoms with van der Waals surface area (Å²) in [6.45, 7) is 4.45. The van der Waals surface area contributed by atoms with Crippen molar-refractivity contribution in [3.05, 3.63) is 29.3 Å². The molecule has 4 nitrogen and oxygen atoms in total. The molecule has 2 rings (SSSR count). The molecule has 1 aromatic rings. The van der Waals surface area contributed by atoms with Gasteiger partial charge < -0.3 is 4.90 Å². The van der Waals surface area contributed by atoms with Crippen molar-refractivity contribution in [2.45, 2.75) is 17.7 Å². The number of hydrogen-bond acceptors (Lipinski definition) is 3. The number of piperazine rings is 1. The normalized spacial score (nSPS) is 18.7. The van der Waals surface area contributed by atoms with Crippen LogP contribution in [-0.4, -0.2) is 50.8 Å². The summed E-state index contributed by atoms with van der Waals surface area (Å²) in [7, 11) is -1.40. The van der Waals surface area contributed by atoms with Crippen LogP contribution in [0.4, 0.5) is 0 Å². The van der Waals surface area contributed by atoms with Gasteiger partial charge in [0.25, 0.3) is 0 Å². The molecule has 0 bridgehead atoms. The van der Waals surface area contributed by atoms with Gasteiger partial charge in [-0.3, -0.25) is 0 Å². The Morgan fingerprint density at radius 3 is 2.42 bits per heavy atom. The van der Waals surface area contributed by atoms with Gasteiger partial charge in [-0.2, -0.15) is 4.31 Å². The summed E-state index contributed by atoms with van der Waals surface area (Å²) >= 11 is 5.79. The fourth-order valence-corrected chi connectivity index (χ4v) is 4.04. The van der Waals surface area contributed by atoms with Gasteiger partial charge in [-0.25, -0.2) is 8.42 Å². The van der Waals surface area contributed by atoms with Gasteiger partial charge in [-0.1, -0.05) is 12.1 Å². The van der Waals surface area contributed by atoms with Crippen LogP contribution < -0.4 is 0 Å². The van der Waals surface area contributed by atoms with Crippen molar-refractivity contribution >= 4 is 21.6 Å². The van der Waals surface area contributed by atoms with Crippen molar-refractivity contribution in [1.82, 2.24) is 9.21 Å². The van der Waals surface area contributed by atoms with E-state index in [1.165, 1.54) is 0 Å². The van der Waals surface area contributed by atoms with Crippen LogP contribution in [-0.2, 0) is 15.9 Å². The Morgan fingerprint density at radius 2 is 1.84 bits per heavy atom. The third kappa shape index (κ3) is 3.11. The molecule has 19 heavy (non-hydrogen) atoms. The number of nitrogens with zero attached hydrogens (tertiary/aromatic N) is 2. The van der Waals surface area contributed by atoms with E-state index in [-0.39, 0.29) is 0 Å². The molecule has 0 aliphatic carbocycles. The second-order valence-electron chi connectivity index (χ2n) is 4.94. The fraction of sp³-hybridized carbons (Fsp3) is 0.538. The second-order valence-corrected chi connectivity index (χ2v) is 7.11. The van der Waals surface area contributed by atoms with Crippen LogP contribution in [0.2, 0.25) is 0 Å². The Balaban J connectivity index is 2.34. The average Bonchev–Trinajstić information content (AvgIpc) is 2.39. The highest BCUT2D eigenvalue weighted by Crippen LogP contribution is 2.23. The number of aryl methyl sites for hydroxylation is 1. The lowest BCUT2D eigenvalue weighted by Gasteiger charge is -2.32. The highest BCUT2D eigenvalue weighted by Gasteiger charge is 2.28. The van der Waals surface area contributed by atoms with E-state index in [1.807, 2.05) is 26.1 Å². The van der Waals surface area contributed by atoms with Gasteiger partial charge in [-0.05, 0) is 31.2 Å². The Kier molecular flexibility index (Phi) is 4.50. The largest absolute Gasteiger partial charge is 0.304 e. The van der Waals surface area contributed by atoms with Gasteiger partial charge in [0.2, 0.25) is 10.0 Å². The van der Waals surface area contributed by atoms with Crippen molar-refractivity contribution in [3.8, 4) is 0 Å². The molecule has 0 atom stereocenters. The number of rotatable bonds is 3. The predicted octanol–water partition coefficient (Wildman–Crippen LogP) is 1.67. The van der Waals surface area contributed by atoms with Crippen LogP contribution >= 0.6 is 11.6 Å². The molecule has 1 aromatic carbocycles. The van der Waals surface area contributed by atoms with Crippen LogP contribution in [0, 0.1) is 6.92 Å². The summed E-state index contributed by atoms with van der Waals surface area (Å²) in [5.74, 6) is 0.325. The van der Waals surface area contributed by atoms with Gasteiger partial charge in [0.15, 0.2) is 0 Å². The second kappa shape index (κ2) is 5.79. The Bertz CT molecular complexity index is 552. The number of halogens is 1. The lowest BCUT2D eigenvalue weighted by molar-refractivity contribution is 0.222. The van der Waals surface area contributed by atoms with Gasteiger partial charge >= 0.3 is 0 Å². The molecule has 0 aromatic heterocycles. The van der Waals surface area contributed by atoms with E-state index in [0.29, 0.717) is 23.9 Å². The molecule has 1 saturated heterocycles. The summed E-state index contributed by atoms with van der Waals surface area (Å²) < 4.78 is 26.9. The Hall–Kier alpha value is -0.620. The van der Waals surface area contributed by atoms with Crippen LogP contribution in [0.1, 0.15) is 11.1 Å². The molecule has 106 valence electrons. The molecular weight excluding hydrogens is 284 g/mol. The summed E-state index contributed by atoms with van der Waals surface area (Å²) in [5.41, 5.74) is 1.60. The molecule has 0 unspecified atom stereocenters. The van der Waals surface area contributed by atoms with Crippen molar-refractivity contribution in [2.75, 3.05) is 33.2 Å². The van der Waals surface area contributed by atoms with Crippen molar-refractivity contribution in [1.29, 1.82) is 0 Å². The minimum Gasteiger partial charge on any atom is -0.304 e. The van der Waals surface area contributed by atoms with Crippen molar-refractivity contribution in [2.24, 2.45) is 0 Å². The maximum Gasteiger partial charge on any atom is 0.243 e. The van der Waals surface area contributed by atoms with Crippen LogP contribution in [0.25, 0.3) is 0 Å². The van der Waals surface area contributed by atoms with Gasteiger partial charge in [0.05, 0.1) is 4.90 Å². The average molecular weight is 303 g/mol. The Labute approximate surface area is 120 Å². The monoisotopic (exact) mass is 302 g/mol. The maximum absolute atomic E-state index is 12.6. The lowest BCUT2D eigenvalue weighted by atomic mass is 10.2. The Morgan fingerprint density at radius 1 is 1.21 bits per heavy atom. The van der Waals surface area contributed by atoms with Crippen LogP contribution in [0.15, 0.2) is 23.1 Å². The minimum absolute atomic E-state index is 0.325. The highest BCUT2D eigenvalue weighted by molar-refractivity contribution is 7.89. The first kappa shape index (κ1) is 14.8. The standard InChI is InChI=1S/C13H19ClN2O2S/c1-11-3-4-12(10-14)9-13(11)19(17,18)16-7-5-15(2)6-8-16/h3-4,9H,5-8,10H2,1-2H3. The van der Waals surface area contributed by atoms with Crippen LogP contribution in [0.3, 0.4) is 0 Å². The number of benzene rings is 1. The third-order valence-corrected chi connectivity index (χ3v) is 5.84. The van der Waals surface area contributed by atoms with E-state index < -0.39 is 10.0 Å². The van der Waals surface area contributed by atoms with Crippen molar-refractivity contribution in [3.63, 3.8) is 0 Å². The topological polar surface area (TPSA) is 40.6 Å². The van der Waals surface area contributed by atoms with E-state index >= 15 is 0 Å². The molecule has 6 heteroatoms. The van der Waals surface area contributed by atoms with E-state index in [0.717, 1.165) is 24.2 Å². The molecule has 0 radical (unpaired) electrons. The maximum atomic E-state index is 12.6. The SMILES string of the molecule is Cc1ccc(CCl)cc1S(=O)(=O)N1CCN(C)CC1. The third-order valence-electron chi connectivity index (χ3n) is 3.49. The lowest BCUT2D eigenvalue weighted by Crippen LogP contribution is -2.47. The summed E-state index contributed by atoms with van der Waals surface area (Å²) in [5, 5.41) is 0. The zero-order valence-electron chi connectivity index (χ0n) is 11.3. The molecule has 0 spiro atoms. The molecule has 1 fully saturated rings. The predicted molar refractivity (Wildman–Crippen MR) is 77.0 cm³/mol. The summed E-state index contributed by atoms with van der Waals surface area (Å²) in [6, 6.07) is 5.38. The summed E-state index contributed by atoms with van der Waals surface area (Å²) in [6.07, 6.45) is 0. The van der Waals surface area contributed by atoms with Crippen molar-refractivity contribution < 1.29 is 8.42 Å². The van der Waals surface area contributed by atoms with E-state index in [9.17, 15) is 8.42 Å². The summed E-state index contributed by atoms with van der Waals surface area (Å²) in [4.78, 5) is 2.52. The zero-order chi connectivity index (χ0) is 14.0. The molecular formula is C13H19ClN2O2S. The smallest absolute Gasteiger partial charge is 0.243 e. The van der Waals surface area contributed by atoms with E-state index in [1.54, 1.807) is 10.4 Å². The first-order valence-electron chi connectivity index (χ1n) is 6.29. The zero-order valence-corrected chi connectivity index (χ0v) is 12.8. The van der Waals surface area contributed by atoms with E-state index in [2.05, 4.69) is 4.90 Å². The number of alkyl halides is 1. The first-order valence-corrected chi connectivity index (χ1v) is 8.27. The minimum atomic E-state index is -3.40. The molecule has 1 aliphatic rings. The molecule has 0 saturated carbocycles. The van der Waals surface area contributed by atoms with Gasteiger partial charge in [0, 0.05) is 32.1 Å². The first-order chi connectivity index (χ1) is 8.95. The van der Waals surface area contributed by atoms with Crippen LogP contribution in [0.5, 0.6) is 0 Å². The molecule has 1 aliphatic heterocycles. The molecule has 0 amide bonds. The van der Waals surface area contributed by atoms with E-state index in [4.69, 9.17) is 11.6 Å². The quantitative estimate of drug-likeness (QED) is 0.798.